The van der Waals surface area contributed by atoms with E-state index < -0.39 is 35.8 Å². The predicted molar refractivity (Wildman–Crippen MR) is 113 cm³/mol. The molecule has 0 saturated heterocycles. The minimum absolute atomic E-state index is 0.0453. The zero-order valence-electron chi connectivity index (χ0n) is 18.0. The molecule has 0 aliphatic heterocycles. The highest BCUT2D eigenvalue weighted by Gasteiger charge is 2.54. The summed E-state index contributed by atoms with van der Waals surface area (Å²) < 4.78 is 67.2. The first-order valence-corrected chi connectivity index (χ1v) is 10.7. The average Bonchev–Trinajstić information content (AvgIpc) is 3.28. The zero-order chi connectivity index (χ0) is 24.8. The number of nitrogens with one attached hydrogen (secondary N) is 2. The fraction of sp³-hybridized carbons (Fsp3) is 0.429. The lowest BCUT2D eigenvalue weighted by Crippen LogP contribution is -2.21. The minimum atomic E-state index is -4.66. The first-order chi connectivity index (χ1) is 16.6. The Kier molecular flexibility index (Phi) is 5.30. The van der Waals surface area contributed by atoms with Crippen molar-refractivity contribution in [1.82, 2.24) is 29.7 Å². The molecule has 0 unspecified atom stereocenters. The van der Waals surface area contributed by atoms with Crippen LogP contribution >= 0.6 is 0 Å². The van der Waals surface area contributed by atoms with Crippen LogP contribution in [0.2, 0.25) is 0 Å². The normalized spacial score (nSPS) is 20.3. The van der Waals surface area contributed by atoms with Gasteiger partial charge in [0.05, 0.1) is 0 Å². The maximum atomic E-state index is 13.6. The second kappa shape index (κ2) is 8.10. The molecule has 2 aliphatic carbocycles. The third-order valence-corrected chi connectivity index (χ3v) is 5.88. The van der Waals surface area contributed by atoms with Gasteiger partial charge in [0.25, 0.3) is 11.5 Å². The van der Waals surface area contributed by atoms with Gasteiger partial charge < -0.3 is 15.5 Å². The van der Waals surface area contributed by atoms with E-state index in [0.717, 1.165) is 16.9 Å². The second-order valence-corrected chi connectivity index (χ2v) is 8.56. The summed E-state index contributed by atoms with van der Waals surface area (Å²) in [5.74, 6) is -3.18. The summed E-state index contributed by atoms with van der Waals surface area (Å²) in [5.41, 5.74) is -0.701. The van der Waals surface area contributed by atoms with Gasteiger partial charge in [-0.1, -0.05) is 0 Å². The maximum Gasteiger partial charge on any atom is 0.435 e. The number of halogens is 5. The van der Waals surface area contributed by atoms with E-state index in [9.17, 15) is 22.0 Å². The summed E-state index contributed by atoms with van der Waals surface area (Å²) in [4.78, 5) is 20.4. The van der Waals surface area contributed by atoms with E-state index in [4.69, 9.17) is 6.57 Å². The van der Waals surface area contributed by atoms with E-state index in [-0.39, 0.29) is 30.7 Å². The highest BCUT2D eigenvalue weighted by molar-refractivity contribution is 5.56. The molecule has 0 bridgehead atoms. The Labute approximate surface area is 195 Å². The molecule has 0 radical (unpaired) electrons. The van der Waals surface area contributed by atoms with Gasteiger partial charge in [0.2, 0.25) is 17.8 Å². The smallest absolute Gasteiger partial charge is 0.351 e. The third-order valence-electron chi connectivity index (χ3n) is 5.88. The lowest BCUT2D eigenvalue weighted by atomic mass is 10.1. The van der Waals surface area contributed by atoms with E-state index in [1.807, 2.05) is 0 Å². The van der Waals surface area contributed by atoms with Gasteiger partial charge in [0.1, 0.15) is 5.69 Å². The first-order valence-electron chi connectivity index (χ1n) is 10.7. The Hall–Kier alpha value is -3.89. The Morgan fingerprint density at radius 3 is 2.49 bits per heavy atom. The summed E-state index contributed by atoms with van der Waals surface area (Å²) in [5, 5.41) is 9.25. The van der Waals surface area contributed by atoms with Crippen LogP contribution in [0.5, 0.6) is 0 Å². The van der Waals surface area contributed by atoms with Gasteiger partial charge in [-0.25, -0.2) is 20.0 Å². The van der Waals surface area contributed by atoms with Crippen molar-refractivity contribution in [3.63, 3.8) is 0 Å². The molecule has 2 aliphatic rings. The largest absolute Gasteiger partial charge is 0.435 e. The fourth-order valence-electron chi connectivity index (χ4n) is 3.87. The Balaban J connectivity index is 1.47. The number of nitrogens with zero attached hydrogens (tertiary/aromatic N) is 7. The molecule has 182 valence electrons. The fourth-order valence-corrected chi connectivity index (χ4v) is 3.87. The van der Waals surface area contributed by atoms with Crippen LogP contribution in [0, 0.1) is 6.57 Å². The van der Waals surface area contributed by atoms with Crippen molar-refractivity contribution in [2.45, 2.75) is 55.8 Å². The van der Waals surface area contributed by atoms with Crippen molar-refractivity contribution in [3.8, 4) is 5.95 Å². The number of rotatable bonds is 6. The SMILES string of the molecule is [C-]#[N+]C1(c2cc(Nc3nc(N[C@H]4CCC(F)(F)C4)nc(-n4ccc(C(F)(F)F)n4)n3)ccn2)CC1. The van der Waals surface area contributed by atoms with Crippen LogP contribution < -0.4 is 10.6 Å². The van der Waals surface area contributed by atoms with Crippen LogP contribution in [0.3, 0.4) is 0 Å². The highest BCUT2D eigenvalue weighted by Crippen LogP contribution is 2.49. The van der Waals surface area contributed by atoms with Crippen molar-refractivity contribution in [1.29, 1.82) is 0 Å². The van der Waals surface area contributed by atoms with Crippen molar-refractivity contribution in [2.24, 2.45) is 0 Å². The second-order valence-electron chi connectivity index (χ2n) is 8.56. The number of aromatic nitrogens is 6. The van der Waals surface area contributed by atoms with Gasteiger partial charge >= 0.3 is 6.18 Å². The van der Waals surface area contributed by atoms with Crippen molar-refractivity contribution in [2.75, 3.05) is 10.6 Å². The molecule has 2 saturated carbocycles. The van der Waals surface area contributed by atoms with Crippen molar-refractivity contribution >= 4 is 17.6 Å². The monoisotopic (exact) mass is 491 g/mol. The summed E-state index contributed by atoms with van der Waals surface area (Å²) >= 11 is 0. The van der Waals surface area contributed by atoms with Crippen molar-refractivity contribution in [3.05, 3.63) is 53.4 Å². The van der Waals surface area contributed by atoms with Crippen molar-refractivity contribution < 1.29 is 22.0 Å². The highest BCUT2D eigenvalue weighted by atomic mass is 19.4. The predicted octanol–water partition coefficient (Wildman–Crippen LogP) is 4.72. The van der Waals surface area contributed by atoms with E-state index in [1.165, 1.54) is 6.20 Å². The van der Waals surface area contributed by atoms with Crippen LogP contribution in [0.4, 0.5) is 39.5 Å². The Bertz CT molecular complexity index is 1290. The minimum Gasteiger partial charge on any atom is -0.351 e. The molecule has 0 aromatic carbocycles. The van der Waals surface area contributed by atoms with Crippen LogP contribution in [-0.2, 0) is 11.7 Å². The average molecular weight is 491 g/mol. The number of hydrogen-bond donors (Lipinski definition) is 2. The number of hydrogen-bond acceptors (Lipinski definition) is 7. The molecule has 1 atom stereocenters. The van der Waals surface area contributed by atoms with Crippen LogP contribution in [0.15, 0.2) is 30.6 Å². The Morgan fingerprint density at radius 1 is 1.09 bits per heavy atom. The molecule has 14 heteroatoms. The molecule has 9 nitrogen and oxygen atoms in total. The van der Waals surface area contributed by atoms with Gasteiger partial charge in [-0.15, -0.1) is 0 Å². The van der Waals surface area contributed by atoms with Gasteiger partial charge in [-0.3, -0.25) is 4.98 Å². The van der Waals surface area contributed by atoms with Gasteiger partial charge in [-0.05, 0) is 24.6 Å². The lowest BCUT2D eigenvalue weighted by molar-refractivity contribution is -0.141. The molecule has 0 spiro atoms. The molecule has 2 N–H and O–H groups in total. The lowest BCUT2D eigenvalue weighted by Gasteiger charge is -2.15. The van der Waals surface area contributed by atoms with E-state index in [0.29, 0.717) is 24.2 Å². The first kappa shape index (κ1) is 22.9. The number of alkyl halides is 5. The summed E-state index contributed by atoms with van der Waals surface area (Å²) in [6.45, 7) is 7.41. The molecule has 3 heterocycles. The Morgan fingerprint density at radius 2 is 1.86 bits per heavy atom. The zero-order valence-corrected chi connectivity index (χ0v) is 18.0. The standard InChI is InChI=1S/C21H18F5N9/c1-27-19(6-7-19)15-10-12(3-8-28-15)29-16-31-17(30-13-2-5-20(22,23)11-13)33-18(32-16)35-9-4-14(34-35)21(24,25)26/h3-4,8-10,13H,2,5-7,11H2,(H2,28,29,30,31,32,33)/t13-/m0/s1. The number of pyridine rings is 1. The van der Waals surface area contributed by atoms with E-state index >= 15 is 0 Å². The molecule has 3 aromatic rings. The van der Waals surface area contributed by atoms with Gasteiger partial charge in [-0.2, -0.15) is 33.2 Å². The van der Waals surface area contributed by atoms with E-state index in [2.05, 4.69) is 40.5 Å². The molecule has 0 amide bonds. The summed E-state index contributed by atoms with van der Waals surface area (Å²) in [6, 6.07) is 3.45. The molecule has 2 fully saturated rings. The number of anilines is 3. The van der Waals surface area contributed by atoms with E-state index in [1.54, 1.807) is 12.1 Å². The van der Waals surface area contributed by atoms with Gasteiger partial charge in [0.15, 0.2) is 5.69 Å². The summed E-state index contributed by atoms with van der Waals surface area (Å²) in [7, 11) is 0. The van der Waals surface area contributed by atoms with Crippen LogP contribution in [-0.4, -0.2) is 41.7 Å². The molecule has 5 rings (SSSR count). The van der Waals surface area contributed by atoms with Crippen LogP contribution in [0.1, 0.15) is 43.5 Å². The molecule has 3 aromatic heterocycles. The topological polar surface area (TPSA) is 97.8 Å². The third kappa shape index (κ3) is 4.84. The van der Waals surface area contributed by atoms with Gasteiger partial charge in [0, 0.05) is 49.8 Å². The molecular formula is C21H18F5N9. The molecule has 35 heavy (non-hydrogen) atoms. The quantitative estimate of drug-likeness (QED) is 0.380. The molecular weight excluding hydrogens is 473 g/mol. The van der Waals surface area contributed by atoms with Crippen LogP contribution in [0.25, 0.3) is 10.8 Å². The maximum absolute atomic E-state index is 13.6. The summed E-state index contributed by atoms with van der Waals surface area (Å²) in [6.07, 6.45) is -1.21.